The number of methoxy groups -OCH3 is 1. The van der Waals surface area contributed by atoms with Crippen LogP contribution in [0, 0.1) is 0 Å². The molecule has 0 bridgehead atoms. The topological polar surface area (TPSA) is 38.3 Å². The molecule has 0 aromatic carbocycles. The molecule has 3 nitrogen and oxygen atoms in total. The van der Waals surface area contributed by atoms with Crippen molar-refractivity contribution in [2.75, 3.05) is 20.7 Å². The highest BCUT2D eigenvalue weighted by atomic mass is 32.1. The largest absolute Gasteiger partial charge is 0.465 e. The van der Waals surface area contributed by atoms with Gasteiger partial charge in [0.1, 0.15) is 4.88 Å². The van der Waals surface area contributed by atoms with Crippen molar-refractivity contribution in [3.05, 3.63) is 28.0 Å². The zero-order chi connectivity index (χ0) is 11.1. The van der Waals surface area contributed by atoms with Crippen LogP contribution in [-0.4, -0.2) is 26.7 Å². The van der Waals surface area contributed by atoms with Crippen molar-refractivity contribution in [2.45, 2.75) is 6.42 Å². The average molecular weight is 225 g/mol. The minimum Gasteiger partial charge on any atom is -0.465 e. The third-order valence-electron chi connectivity index (χ3n) is 1.86. The third-order valence-corrected chi connectivity index (χ3v) is 2.89. The van der Waals surface area contributed by atoms with Gasteiger partial charge in [-0.3, -0.25) is 0 Å². The van der Waals surface area contributed by atoms with E-state index >= 15 is 0 Å². The third kappa shape index (κ3) is 3.85. The Bertz CT molecular complexity index is 344. The Hall–Kier alpha value is -1.13. The van der Waals surface area contributed by atoms with Crippen molar-refractivity contribution >= 4 is 23.4 Å². The molecule has 1 aromatic heterocycles. The van der Waals surface area contributed by atoms with E-state index in [1.807, 2.05) is 19.2 Å². The molecular weight excluding hydrogens is 210 g/mol. The van der Waals surface area contributed by atoms with Crippen LogP contribution >= 0.6 is 11.3 Å². The van der Waals surface area contributed by atoms with Crippen LogP contribution in [-0.2, 0) is 4.74 Å². The maximum atomic E-state index is 11.2. The fraction of sp³-hybridized carbons (Fsp3) is 0.364. The van der Waals surface area contributed by atoms with Gasteiger partial charge in [-0.2, -0.15) is 0 Å². The predicted molar refractivity (Wildman–Crippen MR) is 63.2 cm³/mol. The van der Waals surface area contributed by atoms with E-state index in [2.05, 4.69) is 16.1 Å². The van der Waals surface area contributed by atoms with E-state index in [0.717, 1.165) is 17.8 Å². The van der Waals surface area contributed by atoms with Crippen LogP contribution < -0.4 is 5.32 Å². The van der Waals surface area contributed by atoms with Crippen molar-refractivity contribution < 1.29 is 9.53 Å². The van der Waals surface area contributed by atoms with Crippen molar-refractivity contribution in [3.63, 3.8) is 0 Å². The summed E-state index contributed by atoms with van der Waals surface area (Å²) in [6.45, 7) is 0.964. The van der Waals surface area contributed by atoms with E-state index in [4.69, 9.17) is 0 Å². The molecule has 1 heterocycles. The van der Waals surface area contributed by atoms with Crippen LogP contribution in [0.2, 0.25) is 0 Å². The molecule has 15 heavy (non-hydrogen) atoms. The molecule has 0 aliphatic heterocycles. The first-order chi connectivity index (χ1) is 7.27. The molecule has 0 aliphatic carbocycles. The first-order valence-corrected chi connectivity index (χ1v) is 5.59. The summed E-state index contributed by atoms with van der Waals surface area (Å²) in [6.07, 6.45) is 5.10. The molecule has 82 valence electrons. The number of hydrogen-bond donors (Lipinski definition) is 1. The highest BCUT2D eigenvalue weighted by Gasteiger charge is 2.06. The summed E-state index contributed by atoms with van der Waals surface area (Å²) in [5.41, 5.74) is 0. The quantitative estimate of drug-likeness (QED) is 0.616. The van der Waals surface area contributed by atoms with E-state index in [1.165, 1.54) is 18.4 Å². The molecule has 0 aliphatic rings. The molecule has 0 unspecified atom stereocenters. The van der Waals surface area contributed by atoms with Gasteiger partial charge in [0.15, 0.2) is 0 Å². The van der Waals surface area contributed by atoms with Crippen LogP contribution in [0.1, 0.15) is 21.0 Å². The smallest absolute Gasteiger partial charge is 0.348 e. The Labute approximate surface area is 93.8 Å². The summed E-state index contributed by atoms with van der Waals surface area (Å²) in [7, 11) is 3.32. The van der Waals surface area contributed by atoms with E-state index in [1.54, 1.807) is 6.07 Å². The Morgan fingerprint density at radius 1 is 1.60 bits per heavy atom. The van der Waals surface area contributed by atoms with Gasteiger partial charge >= 0.3 is 5.97 Å². The number of carbonyl (C=O) groups excluding carboxylic acids is 1. The van der Waals surface area contributed by atoms with Crippen molar-refractivity contribution in [2.24, 2.45) is 0 Å². The van der Waals surface area contributed by atoms with E-state index in [-0.39, 0.29) is 5.97 Å². The van der Waals surface area contributed by atoms with Gasteiger partial charge in [-0.25, -0.2) is 4.79 Å². The number of esters is 1. The fourth-order valence-electron chi connectivity index (χ4n) is 1.08. The molecule has 0 spiro atoms. The lowest BCUT2D eigenvalue weighted by atomic mass is 10.3. The van der Waals surface area contributed by atoms with Gasteiger partial charge in [0.05, 0.1) is 7.11 Å². The highest BCUT2D eigenvalue weighted by Crippen LogP contribution is 2.18. The number of nitrogens with one attached hydrogen (secondary N) is 1. The molecule has 4 heteroatoms. The lowest BCUT2D eigenvalue weighted by molar-refractivity contribution is 0.0606. The Kier molecular flexibility index (Phi) is 5.07. The van der Waals surface area contributed by atoms with E-state index in [0.29, 0.717) is 4.88 Å². The maximum absolute atomic E-state index is 11.2. The number of hydrogen-bond acceptors (Lipinski definition) is 4. The number of ether oxygens (including phenoxy) is 1. The van der Waals surface area contributed by atoms with E-state index in [9.17, 15) is 4.79 Å². The summed E-state index contributed by atoms with van der Waals surface area (Å²) in [5, 5.41) is 3.06. The zero-order valence-corrected chi connectivity index (χ0v) is 9.76. The van der Waals surface area contributed by atoms with Crippen molar-refractivity contribution in [1.82, 2.24) is 5.32 Å². The Morgan fingerprint density at radius 3 is 3.07 bits per heavy atom. The monoisotopic (exact) mass is 225 g/mol. The number of carbonyl (C=O) groups is 1. The summed E-state index contributed by atoms with van der Waals surface area (Å²) < 4.78 is 4.63. The van der Waals surface area contributed by atoms with Crippen molar-refractivity contribution in [3.8, 4) is 0 Å². The molecule has 0 fully saturated rings. The SMILES string of the molecule is CNCCC=Cc1ccc(C(=O)OC)s1. The van der Waals surface area contributed by atoms with Crippen LogP contribution in [0.4, 0.5) is 0 Å². The van der Waals surface area contributed by atoms with Crippen molar-refractivity contribution in [1.29, 1.82) is 0 Å². The summed E-state index contributed by atoms with van der Waals surface area (Å²) in [4.78, 5) is 12.9. The normalized spacial score (nSPS) is 10.8. The molecular formula is C11H15NO2S. The standard InChI is InChI=1S/C11H15NO2S/c1-12-8-4-3-5-9-6-7-10(15-9)11(13)14-2/h3,5-7,12H,4,8H2,1-2H3. The zero-order valence-electron chi connectivity index (χ0n) is 8.95. The summed E-state index contributed by atoms with van der Waals surface area (Å²) in [6, 6.07) is 3.71. The van der Waals surface area contributed by atoms with Gasteiger partial charge < -0.3 is 10.1 Å². The molecule has 0 saturated heterocycles. The van der Waals surface area contributed by atoms with Crippen LogP contribution in [0.25, 0.3) is 6.08 Å². The van der Waals surface area contributed by atoms with Gasteiger partial charge in [-0.1, -0.05) is 6.08 Å². The lowest BCUT2D eigenvalue weighted by Crippen LogP contribution is -2.05. The minimum absolute atomic E-state index is 0.269. The lowest BCUT2D eigenvalue weighted by Gasteiger charge is -1.92. The van der Waals surface area contributed by atoms with Gasteiger partial charge in [-0.05, 0) is 38.2 Å². The molecule has 0 atom stereocenters. The highest BCUT2D eigenvalue weighted by molar-refractivity contribution is 7.14. The summed E-state index contributed by atoms with van der Waals surface area (Å²) >= 11 is 1.44. The number of rotatable bonds is 5. The molecule has 1 rings (SSSR count). The van der Waals surface area contributed by atoms with Gasteiger partial charge in [0.2, 0.25) is 0 Å². The maximum Gasteiger partial charge on any atom is 0.348 e. The Balaban J connectivity index is 2.52. The second-order valence-electron chi connectivity index (χ2n) is 2.99. The molecule has 0 amide bonds. The predicted octanol–water partition coefficient (Wildman–Crippen LogP) is 2.16. The number of thiophene rings is 1. The molecule has 0 saturated carbocycles. The average Bonchev–Trinajstić information content (AvgIpc) is 2.72. The second-order valence-corrected chi connectivity index (χ2v) is 4.10. The van der Waals surface area contributed by atoms with Gasteiger partial charge in [0, 0.05) is 4.88 Å². The van der Waals surface area contributed by atoms with Crippen LogP contribution in [0.15, 0.2) is 18.2 Å². The van der Waals surface area contributed by atoms with E-state index < -0.39 is 0 Å². The van der Waals surface area contributed by atoms with Crippen LogP contribution in [0.5, 0.6) is 0 Å². The molecule has 1 aromatic rings. The molecule has 1 N–H and O–H groups in total. The first-order valence-electron chi connectivity index (χ1n) is 4.77. The fourth-order valence-corrected chi connectivity index (χ4v) is 1.94. The van der Waals surface area contributed by atoms with Gasteiger partial charge in [0.25, 0.3) is 0 Å². The minimum atomic E-state index is -0.269. The van der Waals surface area contributed by atoms with Crippen LogP contribution in [0.3, 0.4) is 0 Å². The first kappa shape index (κ1) is 11.9. The Morgan fingerprint density at radius 2 is 2.40 bits per heavy atom. The van der Waals surface area contributed by atoms with Gasteiger partial charge in [-0.15, -0.1) is 11.3 Å². The molecule has 0 radical (unpaired) electrons. The second kappa shape index (κ2) is 6.37. The summed E-state index contributed by atoms with van der Waals surface area (Å²) in [5.74, 6) is -0.269.